The first-order chi connectivity index (χ1) is 6.13. The summed E-state index contributed by atoms with van der Waals surface area (Å²) in [4.78, 5) is 22.9. The lowest BCUT2D eigenvalue weighted by Crippen LogP contribution is -2.36. The minimum atomic E-state index is -0.344. The maximum Gasteiger partial charge on any atom is 0.332 e. The Morgan fingerprint density at radius 3 is 2.69 bits per heavy atom. The van der Waals surface area contributed by atoms with E-state index in [4.69, 9.17) is 0 Å². The van der Waals surface area contributed by atoms with Gasteiger partial charge < -0.3 is 0 Å². The van der Waals surface area contributed by atoms with Crippen molar-refractivity contribution in [3.8, 4) is 0 Å². The lowest BCUT2D eigenvalue weighted by atomic mass is 10.4. The molecule has 5 nitrogen and oxygen atoms in total. The van der Waals surface area contributed by atoms with E-state index < -0.39 is 0 Å². The average molecular weight is 197 g/mol. The fourth-order valence-electron chi connectivity index (χ4n) is 1.20. The number of hydrogen-bond donors (Lipinski definition) is 0. The van der Waals surface area contributed by atoms with Gasteiger partial charge in [0.1, 0.15) is 0 Å². The van der Waals surface area contributed by atoms with E-state index in [1.54, 1.807) is 12.4 Å². The predicted octanol–water partition coefficient (Wildman–Crippen LogP) is -0.306. The normalized spacial score (nSPS) is 10.9. The third kappa shape index (κ3) is 0.951. The van der Waals surface area contributed by atoms with Crippen molar-refractivity contribution in [2.24, 2.45) is 14.1 Å². The van der Waals surface area contributed by atoms with Crippen LogP contribution in [0.4, 0.5) is 0 Å². The van der Waals surface area contributed by atoms with Gasteiger partial charge in [0.05, 0.1) is 5.39 Å². The number of rotatable bonds is 0. The highest BCUT2D eigenvalue weighted by atomic mass is 32.1. The first kappa shape index (κ1) is 8.18. The van der Waals surface area contributed by atoms with Crippen LogP contribution in [0.15, 0.2) is 15.0 Å². The van der Waals surface area contributed by atoms with Crippen molar-refractivity contribution >= 4 is 22.6 Å². The molecule has 0 bridgehead atoms. The van der Waals surface area contributed by atoms with E-state index in [-0.39, 0.29) is 11.2 Å². The predicted molar refractivity (Wildman–Crippen MR) is 50.1 cm³/mol. The fraction of sp³-hybridized carbons (Fsp3) is 0.286. The van der Waals surface area contributed by atoms with Crippen molar-refractivity contribution in [2.75, 3.05) is 0 Å². The van der Waals surface area contributed by atoms with Crippen molar-refractivity contribution in [2.45, 2.75) is 0 Å². The van der Waals surface area contributed by atoms with Crippen molar-refractivity contribution in [1.82, 2.24) is 13.5 Å². The molecule has 0 atom stereocenters. The Bertz CT molecular complexity index is 577. The van der Waals surface area contributed by atoms with E-state index in [2.05, 4.69) is 4.37 Å². The number of fused-ring (bicyclic) bond motifs is 1. The number of aryl methyl sites for hydroxylation is 1. The summed E-state index contributed by atoms with van der Waals surface area (Å²) in [6, 6.07) is 0. The molecule has 13 heavy (non-hydrogen) atoms. The smallest absolute Gasteiger partial charge is 0.280 e. The van der Waals surface area contributed by atoms with Crippen LogP contribution in [0.25, 0.3) is 11.0 Å². The molecular weight excluding hydrogens is 190 g/mol. The zero-order valence-electron chi connectivity index (χ0n) is 7.14. The summed E-state index contributed by atoms with van der Waals surface area (Å²) in [6.07, 6.45) is 0. The van der Waals surface area contributed by atoms with Crippen LogP contribution in [0.5, 0.6) is 0 Å². The van der Waals surface area contributed by atoms with E-state index >= 15 is 0 Å². The minimum Gasteiger partial charge on any atom is -0.280 e. The summed E-state index contributed by atoms with van der Waals surface area (Å²) in [7, 11) is 3.06. The Balaban J connectivity index is 3.21. The van der Waals surface area contributed by atoms with Crippen LogP contribution in [0.1, 0.15) is 0 Å². The molecule has 0 aromatic carbocycles. The summed E-state index contributed by atoms with van der Waals surface area (Å²) < 4.78 is 6.42. The molecular formula is C7H7N3O2S. The molecule has 2 rings (SSSR count). The lowest BCUT2D eigenvalue weighted by Gasteiger charge is -2.00. The third-order valence-corrected chi connectivity index (χ3v) is 2.60. The zero-order valence-corrected chi connectivity index (χ0v) is 7.96. The van der Waals surface area contributed by atoms with E-state index in [0.717, 1.165) is 4.57 Å². The molecule has 2 aromatic rings. The highest BCUT2D eigenvalue weighted by Crippen LogP contribution is 2.06. The topological polar surface area (TPSA) is 56.9 Å². The summed E-state index contributed by atoms with van der Waals surface area (Å²) in [6.45, 7) is 0. The van der Waals surface area contributed by atoms with Gasteiger partial charge in [0.25, 0.3) is 5.56 Å². The molecule has 0 amide bonds. The van der Waals surface area contributed by atoms with Crippen LogP contribution in [-0.2, 0) is 14.1 Å². The monoisotopic (exact) mass is 197 g/mol. The van der Waals surface area contributed by atoms with Gasteiger partial charge in [-0.05, 0) is 11.5 Å². The molecule has 6 heteroatoms. The Labute approximate surface area is 77.0 Å². The van der Waals surface area contributed by atoms with E-state index in [9.17, 15) is 9.59 Å². The van der Waals surface area contributed by atoms with E-state index in [1.165, 1.54) is 23.1 Å². The Hall–Kier alpha value is -1.43. The van der Waals surface area contributed by atoms with Gasteiger partial charge in [0.15, 0.2) is 5.65 Å². The van der Waals surface area contributed by atoms with Crippen molar-refractivity contribution < 1.29 is 0 Å². The summed E-state index contributed by atoms with van der Waals surface area (Å²) in [5, 5.41) is 2.14. The van der Waals surface area contributed by atoms with Crippen LogP contribution in [0.2, 0.25) is 0 Å². The van der Waals surface area contributed by atoms with Crippen LogP contribution in [0, 0.1) is 0 Å². The van der Waals surface area contributed by atoms with E-state index in [1.807, 2.05) is 0 Å². The quantitative estimate of drug-likeness (QED) is 0.582. The molecule has 2 aromatic heterocycles. The van der Waals surface area contributed by atoms with Gasteiger partial charge in [-0.1, -0.05) is 0 Å². The summed E-state index contributed by atoms with van der Waals surface area (Å²) in [5.41, 5.74) is -0.173. The van der Waals surface area contributed by atoms with Gasteiger partial charge in [-0.2, -0.15) is 4.37 Å². The molecule has 2 heterocycles. The summed E-state index contributed by atoms with van der Waals surface area (Å²) in [5.74, 6) is 0. The van der Waals surface area contributed by atoms with E-state index in [0.29, 0.717) is 11.0 Å². The SMILES string of the molecule is Cn1c(=O)c2csnc2n(C)c1=O. The zero-order chi connectivity index (χ0) is 9.59. The number of aromatic nitrogens is 3. The Morgan fingerprint density at radius 2 is 2.00 bits per heavy atom. The van der Waals surface area contributed by atoms with Crippen molar-refractivity contribution in [3.63, 3.8) is 0 Å². The Kier molecular flexibility index (Phi) is 1.59. The van der Waals surface area contributed by atoms with Crippen molar-refractivity contribution in [1.29, 1.82) is 0 Å². The molecule has 0 spiro atoms. The first-order valence-corrected chi connectivity index (χ1v) is 4.46. The molecule has 0 aliphatic heterocycles. The average Bonchev–Trinajstić information content (AvgIpc) is 2.59. The second-order valence-electron chi connectivity index (χ2n) is 2.76. The van der Waals surface area contributed by atoms with Crippen LogP contribution >= 0.6 is 11.5 Å². The number of nitrogens with zero attached hydrogens (tertiary/aromatic N) is 3. The molecule has 68 valence electrons. The summed E-state index contributed by atoms with van der Waals surface area (Å²) >= 11 is 1.18. The van der Waals surface area contributed by atoms with Crippen LogP contribution in [0.3, 0.4) is 0 Å². The minimum absolute atomic E-state index is 0.285. The van der Waals surface area contributed by atoms with Gasteiger partial charge >= 0.3 is 5.69 Å². The standard InChI is InChI=1S/C7H7N3O2S/c1-9-5-4(3-13-8-5)6(11)10(2)7(9)12/h3H,1-2H3. The maximum absolute atomic E-state index is 11.5. The second-order valence-corrected chi connectivity index (χ2v) is 3.39. The molecule has 0 N–H and O–H groups in total. The molecule has 0 aliphatic carbocycles. The molecule has 0 fully saturated rings. The highest BCUT2D eigenvalue weighted by Gasteiger charge is 2.09. The van der Waals surface area contributed by atoms with Gasteiger partial charge in [0, 0.05) is 19.5 Å². The molecule has 0 unspecified atom stereocenters. The molecule has 0 saturated heterocycles. The van der Waals surface area contributed by atoms with Crippen LogP contribution < -0.4 is 11.2 Å². The van der Waals surface area contributed by atoms with Gasteiger partial charge in [-0.25, -0.2) is 4.79 Å². The first-order valence-electron chi connectivity index (χ1n) is 3.63. The fourth-order valence-corrected chi connectivity index (χ4v) is 1.89. The Morgan fingerprint density at radius 1 is 1.31 bits per heavy atom. The molecule has 0 saturated carbocycles. The second kappa shape index (κ2) is 2.53. The molecule has 0 radical (unpaired) electrons. The third-order valence-electron chi connectivity index (χ3n) is 1.98. The molecule has 0 aliphatic rings. The van der Waals surface area contributed by atoms with Gasteiger partial charge in [-0.3, -0.25) is 13.9 Å². The largest absolute Gasteiger partial charge is 0.332 e. The maximum atomic E-state index is 11.5. The highest BCUT2D eigenvalue weighted by molar-refractivity contribution is 7.04. The van der Waals surface area contributed by atoms with Gasteiger partial charge in [-0.15, -0.1) is 0 Å². The lowest BCUT2D eigenvalue weighted by molar-refractivity contribution is 0.710. The van der Waals surface area contributed by atoms with Gasteiger partial charge in [0.2, 0.25) is 0 Å². The van der Waals surface area contributed by atoms with Crippen molar-refractivity contribution in [3.05, 3.63) is 26.2 Å². The number of hydrogen-bond acceptors (Lipinski definition) is 4. The van der Waals surface area contributed by atoms with Crippen LogP contribution in [-0.4, -0.2) is 13.5 Å².